The monoisotopic (exact) mass is 218 g/mol. The number of anilines is 1. The zero-order valence-corrected chi connectivity index (χ0v) is 9.83. The zero-order chi connectivity index (χ0) is 12.0. The van der Waals surface area contributed by atoms with E-state index in [1.165, 1.54) is 0 Å². The molecule has 1 rings (SSSR count). The summed E-state index contributed by atoms with van der Waals surface area (Å²) >= 11 is 0. The Hall–Kier alpha value is -1.53. The molecular weight excluding hydrogens is 200 g/mol. The third-order valence-electron chi connectivity index (χ3n) is 2.95. The lowest BCUT2D eigenvalue weighted by Gasteiger charge is -2.26. The van der Waals surface area contributed by atoms with Crippen LogP contribution in [0.25, 0.3) is 0 Å². The number of hydrogen-bond acceptors (Lipinski definition) is 3. The molecule has 1 aromatic carbocycles. The second-order valence-corrected chi connectivity index (χ2v) is 4.37. The van der Waals surface area contributed by atoms with E-state index in [4.69, 9.17) is 5.26 Å². The molecule has 1 aromatic rings. The summed E-state index contributed by atoms with van der Waals surface area (Å²) < 4.78 is 0. The minimum Gasteiger partial charge on any atom is -0.396 e. The summed E-state index contributed by atoms with van der Waals surface area (Å²) in [5, 5.41) is 21.3. The highest BCUT2D eigenvalue weighted by molar-refractivity contribution is 5.49. The summed E-state index contributed by atoms with van der Waals surface area (Å²) in [6.07, 6.45) is 0.911. The molecule has 0 spiro atoms. The Kier molecular flexibility index (Phi) is 4.33. The van der Waals surface area contributed by atoms with Gasteiger partial charge in [0.05, 0.1) is 18.2 Å². The number of aliphatic hydroxyl groups excluding tert-OH is 1. The van der Waals surface area contributed by atoms with Crippen molar-refractivity contribution in [3.05, 3.63) is 29.8 Å². The first kappa shape index (κ1) is 12.5. The lowest BCUT2D eigenvalue weighted by atomic mass is 9.88. The van der Waals surface area contributed by atoms with Crippen LogP contribution in [0.2, 0.25) is 0 Å². The van der Waals surface area contributed by atoms with E-state index in [2.05, 4.69) is 18.3 Å². The Labute approximate surface area is 96.7 Å². The molecule has 0 aromatic heterocycles. The number of aliphatic hydroxyl groups is 1. The summed E-state index contributed by atoms with van der Waals surface area (Å²) in [6.45, 7) is 4.96. The van der Waals surface area contributed by atoms with Crippen LogP contribution in [0, 0.1) is 16.7 Å². The van der Waals surface area contributed by atoms with Gasteiger partial charge in [-0.2, -0.15) is 5.26 Å². The van der Waals surface area contributed by atoms with Gasteiger partial charge in [-0.15, -0.1) is 0 Å². The third kappa shape index (κ3) is 3.25. The summed E-state index contributed by atoms with van der Waals surface area (Å²) in [5.74, 6) is 0. The number of rotatable bonds is 5. The summed E-state index contributed by atoms with van der Waals surface area (Å²) in [6, 6.07) is 9.47. The number of nitriles is 1. The van der Waals surface area contributed by atoms with Gasteiger partial charge in [0, 0.05) is 17.6 Å². The molecule has 0 fully saturated rings. The van der Waals surface area contributed by atoms with E-state index in [9.17, 15) is 5.11 Å². The number of nitrogens with zero attached hydrogens (tertiary/aromatic N) is 1. The highest BCUT2D eigenvalue weighted by Crippen LogP contribution is 2.21. The van der Waals surface area contributed by atoms with Crippen LogP contribution in [0.15, 0.2) is 24.3 Å². The van der Waals surface area contributed by atoms with Crippen LogP contribution in [-0.2, 0) is 0 Å². The topological polar surface area (TPSA) is 56.0 Å². The van der Waals surface area contributed by atoms with Gasteiger partial charge < -0.3 is 10.4 Å². The van der Waals surface area contributed by atoms with E-state index in [0.717, 1.165) is 12.1 Å². The molecule has 0 radical (unpaired) electrons. The highest BCUT2D eigenvalue weighted by Gasteiger charge is 2.20. The van der Waals surface area contributed by atoms with Crippen LogP contribution in [0.3, 0.4) is 0 Å². The van der Waals surface area contributed by atoms with E-state index in [1.54, 1.807) is 6.07 Å². The first-order chi connectivity index (χ1) is 7.63. The summed E-state index contributed by atoms with van der Waals surface area (Å²) in [7, 11) is 0. The van der Waals surface area contributed by atoms with Crippen LogP contribution >= 0.6 is 0 Å². The average molecular weight is 218 g/mol. The summed E-state index contributed by atoms with van der Waals surface area (Å²) in [5.41, 5.74) is 1.46. The highest BCUT2D eigenvalue weighted by atomic mass is 16.3. The van der Waals surface area contributed by atoms with Gasteiger partial charge in [0.15, 0.2) is 0 Å². The molecule has 0 heterocycles. The molecule has 3 heteroatoms. The summed E-state index contributed by atoms with van der Waals surface area (Å²) in [4.78, 5) is 0. The third-order valence-corrected chi connectivity index (χ3v) is 2.95. The van der Waals surface area contributed by atoms with Gasteiger partial charge in [-0.25, -0.2) is 0 Å². The molecule has 0 amide bonds. The van der Waals surface area contributed by atoms with Gasteiger partial charge in [0.25, 0.3) is 0 Å². The lowest BCUT2D eigenvalue weighted by Crippen LogP contribution is -2.29. The Balaban J connectivity index is 2.64. The second-order valence-electron chi connectivity index (χ2n) is 4.37. The Morgan fingerprint density at radius 1 is 1.50 bits per heavy atom. The van der Waals surface area contributed by atoms with Crippen molar-refractivity contribution in [2.75, 3.05) is 18.5 Å². The number of benzene rings is 1. The van der Waals surface area contributed by atoms with Crippen molar-refractivity contribution in [3.8, 4) is 6.07 Å². The minimum atomic E-state index is -0.108. The smallest absolute Gasteiger partial charge is 0.0992 e. The van der Waals surface area contributed by atoms with Gasteiger partial charge in [-0.05, 0) is 24.6 Å². The number of nitrogens with one attached hydrogen (secondary N) is 1. The maximum Gasteiger partial charge on any atom is 0.0992 e. The van der Waals surface area contributed by atoms with E-state index in [-0.39, 0.29) is 12.0 Å². The first-order valence-electron chi connectivity index (χ1n) is 5.48. The Bertz CT molecular complexity index is 378. The van der Waals surface area contributed by atoms with Gasteiger partial charge in [-0.3, -0.25) is 0 Å². The normalized spacial score (nSPS) is 13.9. The van der Waals surface area contributed by atoms with Crippen molar-refractivity contribution >= 4 is 5.69 Å². The Morgan fingerprint density at radius 2 is 2.25 bits per heavy atom. The molecule has 1 atom stereocenters. The molecular formula is C13H18N2O. The van der Waals surface area contributed by atoms with E-state index in [0.29, 0.717) is 12.1 Å². The molecule has 16 heavy (non-hydrogen) atoms. The SMILES string of the molecule is CCC(C)(CO)CNc1cccc(C#N)c1. The minimum absolute atomic E-state index is 0.108. The zero-order valence-electron chi connectivity index (χ0n) is 9.83. The fourth-order valence-electron chi connectivity index (χ4n) is 1.31. The molecule has 0 aliphatic heterocycles. The van der Waals surface area contributed by atoms with Gasteiger partial charge >= 0.3 is 0 Å². The van der Waals surface area contributed by atoms with Crippen LogP contribution < -0.4 is 5.32 Å². The van der Waals surface area contributed by atoms with E-state index in [1.807, 2.05) is 25.1 Å². The molecule has 2 N–H and O–H groups in total. The van der Waals surface area contributed by atoms with Gasteiger partial charge in [0.1, 0.15) is 0 Å². The molecule has 0 saturated heterocycles. The molecule has 0 bridgehead atoms. The predicted molar refractivity (Wildman–Crippen MR) is 65.1 cm³/mol. The standard InChI is InChI=1S/C13H18N2O/c1-3-13(2,10-16)9-15-12-6-4-5-11(7-12)8-14/h4-7,15-16H,3,9-10H2,1-2H3. The Morgan fingerprint density at radius 3 is 2.81 bits per heavy atom. The van der Waals surface area contributed by atoms with Crippen molar-refractivity contribution in [1.82, 2.24) is 0 Å². The molecule has 1 unspecified atom stereocenters. The lowest BCUT2D eigenvalue weighted by molar-refractivity contribution is 0.149. The quantitative estimate of drug-likeness (QED) is 0.797. The molecule has 0 aliphatic rings. The maximum absolute atomic E-state index is 9.27. The fraction of sp³-hybridized carbons (Fsp3) is 0.462. The largest absolute Gasteiger partial charge is 0.396 e. The van der Waals surface area contributed by atoms with Crippen molar-refractivity contribution in [3.63, 3.8) is 0 Å². The molecule has 0 saturated carbocycles. The van der Waals surface area contributed by atoms with Crippen LogP contribution in [0.4, 0.5) is 5.69 Å². The average Bonchev–Trinajstić information content (AvgIpc) is 2.36. The van der Waals surface area contributed by atoms with E-state index >= 15 is 0 Å². The van der Waals surface area contributed by atoms with Gasteiger partial charge in [0.2, 0.25) is 0 Å². The maximum atomic E-state index is 9.27. The molecule has 3 nitrogen and oxygen atoms in total. The van der Waals surface area contributed by atoms with Crippen molar-refractivity contribution < 1.29 is 5.11 Å². The molecule has 0 aliphatic carbocycles. The first-order valence-corrected chi connectivity index (χ1v) is 5.48. The van der Waals surface area contributed by atoms with Crippen molar-refractivity contribution in [2.24, 2.45) is 5.41 Å². The van der Waals surface area contributed by atoms with Crippen molar-refractivity contribution in [1.29, 1.82) is 5.26 Å². The van der Waals surface area contributed by atoms with E-state index < -0.39 is 0 Å². The molecule has 86 valence electrons. The van der Waals surface area contributed by atoms with Crippen LogP contribution in [0.1, 0.15) is 25.8 Å². The van der Waals surface area contributed by atoms with Gasteiger partial charge in [-0.1, -0.05) is 19.9 Å². The van der Waals surface area contributed by atoms with Crippen LogP contribution in [0.5, 0.6) is 0 Å². The van der Waals surface area contributed by atoms with Crippen LogP contribution in [-0.4, -0.2) is 18.3 Å². The predicted octanol–water partition coefficient (Wildman–Crippen LogP) is 2.38. The second kappa shape index (κ2) is 5.53. The van der Waals surface area contributed by atoms with Crippen molar-refractivity contribution in [2.45, 2.75) is 20.3 Å². The fourth-order valence-corrected chi connectivity index (χ4v) is 1.31. The number of hydrogen-bond donors (Lipinski definition) is 2.